The van der Waals surface area contributed by atoms with Gasteiger partial charge in [-0.15, -0.1) is 0 Å². The minimum Gasteiger partial charge on any atom is -0.497 e. The Labute approximate surface area is 257 Å². The maximum absolute atomic E-state index is 14.2. The Hall–Kier alpha value is -3.63. The lowest BCUT2D eigenvalue weighted by Gasteiger charge is -2.34. The highest BCUT2D eigenvalue weighted by Gasteiger charge is 2.34. The molecule has 43 heavy (non-hydrogen) atoms. The third-order valence-electron chi connectivity index (χ3n) is 7.63. The molecule has 3 aromatic rings. The SMILES string of the molecule is CC[C@@H](C(=O)NC1CCCCC1)N(Cc1cccc(OC)c1)C(=O)CN(c1ccc(F)c(Cl)c1)S(=O)(=O)c1ccccc1. The van der Waals surface area contributed by atoms with Gasteiger partial charge < -0.3 is 15.0 Å². The summed E-state index contributed by atoms with van der Waals surface area (Å²) in [6.07, 6.45) is 5.24. The van der Waals surface area contributed by atoms with Crippen LogP contribution < -0.4 is 14.4 Å². The van der Waals surface area contributed by atoms with Crippen LogP contribution in [0.2, 0.25) is 5.02 Å². The fraction of sp³-hybridized carbons (Fsp3) is 0.375. The van der Waals surface area contributed by atoms with E-state index in [1.54, 1.807) is 36.4 Å². The van der Waals surface area contributed by atoms with E-state index >= 15 is 0 Å². The third-order valence-corrected chi connectivity index (χ3v) is 9.70. The predicted octanol–water partition coefficient (Wildman–Crippen LogP) is 5.94. The second kappa shape index (κ2) is 14.7. The van der Waals surface area contributed by atoms with Gasteiger partial charge in [0.2, 0.25) is 11.8 Å². The van der Waals surface area contributed by atoms with Gasteiger partial charge in [-0.3, -0.25) is 13.9 Å². The molecule has 0 unspecified atom stereocenters. The van der Waals surface area contributed by atoms with Crippen LogP contribution >= 0.6 is 11.6 Å². The molecule has 0 spiro atoms. The standard InChI is InChI=1S/C32H37ClFN3O5S/c1-3-30(32(39)35-24-12-6-4-7-13-24)36(21-23-11-10-14-26(19-23)42-2)31(38)22-37(25-17-18-29(34)28(33)20-25)43(40,41)27-15-8-5-9-16-27/h5,8-11,14-20,24,30H,3-4,6-7,12-13,21-22H2,1-2H3,(H,35,39)/t30-/m0/s1. The Kier molecular flexibility index (Phi) is 11.0. The van der Waals surface area contributed by atoms with Crippen LogP contribution in [0.1, 0.15) is 51.0 Å². The lowest BCUT2D eigenvalue weighted by Crippen LogP contribution is -2.54. The number of halogens is 2. The summed E-state index contributed by atoms with van der Waals surface area (Å²) in [7, 11) is -2.75. The van der Waals surface area contributed by atoms with Crippen molar-refractivity contribution in [1.29, 1.82) is 0 Å². The molecule has 0 heterocycles. The highest BCUT2D eigenvalue weighted by Crippen LogP contribution is 2.29. The number of anilines is 1. The fourth-order valence-corrected chi connectivity index (χ4v) is 6.92. The molecule has 0 aromatic heterocycles. The summed E-state index contributed by atoms with van der Waals surface area (Å²) in [5, 5.41) is 2.83. The van der Waals surface area contributed by atoms with Gasteiger partial charge in [-0.25, -0.2) is 12.8 Å². The molecule has 1 saturated carbocycles. The van der Waals surface area contributed by atoms with Crippen LogP contribution in [-0.4, -0.2) is 50.9 Å². The minimum atomic E-state index is -4.29. The van der Waals surface area contributed by atoms with Gasteiger partial charge in [-0.05, 0) is 67.3 Å². The lowest BCUT2D eigenvalue weighted by molar-refractivity contribution is -0.140. The molecule has 0 radical (unpaired) electrons. The molecule has 8 nitrogen and oxygen atoms in total. The highest BCUT2D eigenvalue weighted by molar-refractivity contribution is 7.92. The van der Waals surface area contributed by atoms with Crippen LogP contribution in [0.15, 0.2) is 77.7 Å². The van der Waals surface area contributed by atoms with Crippen molar-refractivity contribution in [2.75, 3.05) is 18.0 Å². The number of methoxy groups -OCH3 is 1. The molecular weight excluding hydrogens is 593 g/mol. The summed E-state index contributed by atoms with van der Waals surface area (Å²) >= 11 is 6.04. The maximum atomic E-state index is 14.2. The van der Waals surface area contributed by atoms with Crippen molar-refractivity contribution < 1.29 is 27.1 Å². The van der Waals surface area contributed by atoms with Gasteiger partial charge in [0.05, 0.1) is 22.7 Å². The molecule has 1 aliphatic carbocycles. The number of ether oxygens (including phenoxy) is 1. The smallest absolute Gasteiger partial charge is 0.264 e. The fourth-order valence-electron chi connectivity index (χ4n) is 5.32. The van der Waals surface area contributed by atoms with E-state index in [2.05, 4.69) is 5.32 Å². The van der Waals surface area contributed by atoms with Crippen molar-refractivity contribution in [2.24, 2.45) is 0 Å². The predicted molar refractivity (Wildman–Crippen MR) is 165 cm³/mol. The van der Waals surface area contributed by atoms with Crippen LogP contribution in [0.25, 0.3) is 0 Å². The van der Waals surface area contributed by atoms with Crippen LogP contribution in [0.4, 0.5) is 10.1 Å². The van der Waals surface area contributed by atoms with Gasteiger partial charge in [-0.1, -0.05) is 68.1 Å². The molecule has 4 rings (SSSR count). The van der Waals surface area contributed by atoms with Crippen molar-refractivity contribution >= 4 is 39.1 Å². The van der Waals surface area contributed by atoms with E-state index in [0.29, 0.717) is 17.7 Å². The number of sulfonamides is 1. The van der Waals surface area contributed by atoms with Crippen LogP contribution in [0, 0.1) is 5.82 Å². The van der Waals surface area contributed by atoms with E-state index in [1.165, 1.54) is 36.3 Å². The minimum absolute atomic E-state index is 0.0182. The van der Waals surface area contributed by atoms with E-state index < -0.39 is 34.3 Å². The van der Waals surface area contributed by atoms with Crippen molar-refractivity contribution in [3.63, 3.8) is 0 Å². The summed E-state index contributed by atoms with van der Waals surface area (Å²) in [5.41, 5.74) is 0.726. The summed E-state index contributed by atoms with van der Waals surface area (Å²) in [6.45, 7) is 1.21. The molecule has 1 aliphatic rings. The summed E-state index contributed by atoms with van der Waals surface area (Å²) < 4.78 is 48.1. The number of hydrogen-bond acceptors (Lipinski definition) is 5. The Morgan fingerprint density at radius 3 is 2.40 bits per heavy atom. The summed E-state index contributed by atoms with van der Waals surface area (Å²) in [5.74, 6) is -1.03. The number of nitrogens with zero attached hydrogens (tertiary/aromatic N) is 2. The van der Waals surface area contributed by atoms with E-state index in [-0.39, 0.29) is 34.1 Å². The van der Waals surface area contributed by atoms with Gasteiger partial charge in [0.1, 0.15) is 24.2 Å². The molecule has 230 valence electrons. The first-order chi connectivity index (χ1) is 20.6. The average molecular weight is 630 g/mol. The molecule has 0 aliphatic heterocycles. The number of benzene rings is 3. The molecule has 11 heteroatoms. The molecule has 3 aromatic carbocycles. The number of hydrogen-bond donors (Lipinski definition) is 1. The zero-order valence-electron chi connectivity index (χ0n) is 24.3. The monoisotopic (exact) mass is 629 g/mol. The summed E-state index contributed by atoms with van der Waals surface area (Å²) in [6, 6.07) is 17.4. The molecule has 2 amide bonds. The van der Waals surface area contributed by atoms with Gasteiger partial charge in [-0.2, -0.15) is 0 Å². The average Bonchev–Trinajstić information content (AvgIpc) is 3.02. The van der Waals surface area contributed by atoms with E-state index in [1.807, 2.05) is 13.0 Å². The maximum Gasteiger partial charge on any atom is 0.264 e. The van der Waals surface area contributed by atoms with Gasteiger partial charge >= 0.3 is 0 Å². The molecule has 1 fully saturated rings. The Morgan fingerprint density at radius 1 is 1.02 bits per heavy atom. The Balaban J connectivity index is 1.72. The highest BCUT2D eigenvalue weighted by atomic mass is 35.5. The quantitative estimate of drug-likeness (QED) is 0.268. The Bertz CT molecular complexity index is 1520. The van der Waals surface area contributed by atoms with Gasteiger partial charge in [0.25, 0.3) is 10.0 Å². The molecule has 0 saturated heterocycles. The summed E-state index contributed by atoms with van der Waals surface area (Å²) in [4.78, 5) is 29.2. The molecule has 0 bridgehead atoms. The van der Waals surface area contributed by atoms with Crippen molar-refractivity contribution in [2.45, 2.75) is 69.0 Å². The zero-order valence-corrected chi connectivity index (χ0v) is 25.9. The lowest BCUT2D eigenvalue weighted by atomic mass is 9.95. The van der Waals surface area contributed by atoms with Crippen molar-refractivity contribution in [1.82, 2.24) is 10.2 Å². The van der Waals surface area contributed by atoms with E-state index in [9.17, 15) is 22.4 Å². The number of amides is 2. The second-order valence-corrected chi connectivity index (χ2v) is 12.8. The number of rotatable bonds is 12. The molecule has 1 atom stereocenters. The van der Waals surface area contributed by atoms with Crippen LogP contribution in [0.3, 0.4) is 0 Å². The number of carbonyl (C=O) groups excluding carboxylic acids is 2. The first-order valence-corrected chi connectivity index (χ1v) is 16.2. The second-order valence-electron chi connectivity index (χ2n) is 10.6. The van der Waals surface area contributed by atoms with Crippen molar-refractivity contribution in [3.8, 4) is 5.75 Å². The number of nitrogens with one attached hydrogen (secondary N) is 1. The van der Waals surface area contributed by atoms with E-state index in [4.69, 9.17) is 16.3 Å². The topological polar surface area (TPSA) is 96.0 Å². The largest absolute Gasteiger partial charge is 0.497 e. The van der Waals surface area contributed by atoms with E-state index in [0.717, 1.165) is 42.5 Å². The number of carbonyl (C=O) groups is 2. The molecule has 1 N–H and O–H groups in total. The van der Waals surface area contributed by atoms with Crippen LogP contribution in [0.5, 0.6) is 5.75 Å². The first-order valence-electron chi connectivity index (χ1n) is 14.4. The van der Waals surface area contributed by atoms with Crippen LogP contribution in [-0.2, 0) is 26.2 Å². The van der Waals surface area contributed by atoms with Gasteiger partial charge in [0.15, 0.2) is 0 Å². The molecular formula is C32H37ClFN3O5S. The van der Waals surface area contributed by atoms with Crippen molar-refractivity contribution in [3.05, 3.63) is 89.2 Å². The Morgan fingerprint density at radius 2 is 1.74 bits per heavy atom. The zero-order chi connectivity index (χ0) is 31.0. The van der Waals surface area contributed by atoms with Gasteiger partial charge in [0, 0.05) is 12.6 Å². The third kappa shape index (κ3) is 8.06. The normalized spacial score (nSPS) is 14.5. The first kappa shape index (κ1) is 32.3.